The molecule has 0 bridgehead atoms. The number of rotatable bonds is 5. The molecule has 0 aliphatic heterocycles. The van der Waals surface area contributed by atoms with Crippen molar-refractivity contribution >= 4 is 0 Å². The van der Waals surface area contributed by atoms with E-state index < -0.39 is 0 Å². The smallest absolute Gasteiger partial charge is 0.122 e. The van der Waals surface area contributed by atoms with Gasteiger partial charge in [0, 0.05) is 12.0 Å². The molecular weight excluding hydrogens is 186 g/mol. The van der Waals surface area contributed by atoms with E-state index >= 15 is 0 Å². The van der Waals surface area contributed by atoms with Gasteiger partial charge in [-0.25, -0.2) is 0 Å². The summed E-state index contributed by atoms with van der Waals surface area (Å²) in [5.41, 5.74) is 6.86. The summed E-state index contributed by atoms with van der Waals surface area (Å²) in [5, 5.41) is 0. The molecule has 0 saturated heterocycles. The van der Waals surface area contributed by atoms with Gasteiger partial charge in [0.05, 0.1) is 7.11 Å². The number of nitrogens with two attached hydrogens (primary N) is 1. The average Bonchev–Trinajstić information content (AvgIpc) is 2.29. The quantitative estimate of drug-likeness (QED) is 0.749. The number of benzene rings is 1. The highest BCUT2D eigenvalue weighted by atomic mass is 16.5. The fraction of sp³-hybridized carbons (Fsp3) is 0.385. The first-order chi connectivity index (χ1) is 7.15. The van der Waals surface area contributed by atoms with Gasteiger partial charge >= 0.3 is 0 Å². The molecule has 2 heteroatoms. The van der Waals surface area contributed by atoms with Gasteiger partial charge in [-0.2, -0.15) is 0 Å². The lowest BCUT2D eigenvalue weighted by Gasteiger charge is -2.24. The van der Waals surface area contributed by atoms with E-state index in [0.29, 0.717) is 6.54 Å². The largest absolute Gasteiger partial charge is 0.496 e. The second-order valence-electron chi connectivity index (χ2n) is 4.05. The molecule has 0 heterocycles. The SMILES string of the molecule is C=CC(C)(CN)Cc1ccccc1OC. The second-order valence-corrected chi connectivity index (χ2v) is 4.05. The van der Waals surface area contributed by atoms with Crippen LogP contribution in [0.5, 0.6) is 5.75 Å². The molecule has 0 aliphatic carbocycles. The van der Waals surface area contributed by atoms with Crippen LogP contribution in [0.15, 0.2) is 36.9 Å². The van der Waals surface area contributed by atoms with Gasteiger partial charge in [0.15, 0.2) is 0 Å². The van der Waals surface area contributed by atoms with Gasteiger partial charge in [-0.3, -0.25) is 0 Å². The summed E-state index contributed by atoms with van der Waals surface area (Å²) in [6, 6.07) is 8.01. The van der Waals surface area contributed by atoms with Crippen LogP contribution in [0.3, 0.4) is 0 Å². The standard InChI is InChI=1S/C13H19NO/c1-4-13(2,10-14)9-11-7-5-6-8-12(11)15-3/h4-8H,1,9-10,14H2,2-3H3. The van der Waals surface area contributed by atoms with Crippen molar-refractivity contribution in [2.24, 2.45) is 11.1 Å². The number of para-hydroxylation sites is 1. The fourth-order valence-electron chi connectivity index (χ4n) is 1.51. The minimum atomic E-state index is -0.0609. The fourth-order valence-corrected chi connectivity index (χ4v) is 1.51. The first kappa shape index (κ1) is 11.8. The molecule has 1 atom stereocenters. The topological polar surface area (TPSA) is 35.2 Å². The van der Waals surface area contributed by atoms with Gasteiger partial charge in [-0.1, -0.05) is 31.2 Å². The lowest BCUT2D eigenvalue weighted by Crippen LogP contribution is -2.27. The van der Waals surface area contributed by atoms with Crippen LogP contribution in [0.2, 0.25) is 0 Å². The van der Waals surface area contributed by atoms with Crippen LogP contribution < -0.4 is 10.5 Å². The van der Waals surface area contributed by atoms with Gasteiger partial charge < -0.3 is 10.5 Å². The Labute approximate surface area is 91.7 Å². The molecular formula is C13H19NO. The van der Waals surface area contributed by atoms with Crippen molar-refractivity contribution in [2.75, 3.05) is 13.7 Å². The molecule has 1 aromatic rings. The maximum Gasteiger partial charge on any atom is 0.122 e. The molecule has 0 amide bonds. The minimum Gasteiger partial charge on any atom is -0.496 e. The highest BCUT2D eigenvalue weighted by Gasteiger charge is 2.20. The summed E-state index contributed by atoms with van der Waals surface area (Å²) in [5.74, 6) is 0.916. The van der Waals surface area contributed by atoms with E-state index in [0.717, 1.165) is 12.2 Å². The van der Waals surface area contributed by atoms with Gasteiger partial charge in [0.1, 0.15) is 5.75 Å². The molecule has 0 fully saturated rings. The van der Waals surface area contributed by atoms with Crippen molar-refractivity contribution in [3.8, 4) is 5.75 Å². The predicted octanol–water partition coefficient (Wildman–Crippen LogP) is 2.39. The van der Waals surface area contributed by atoms with Gasteiger partial charge in [0.2, 0.25) is 0 Å². The monoisotopic (exact) mass is 205 g/mol. The van der Waals surface area contributed by atoms with Crippen molar-refractivity contribution in [2.45, 2.75) is 13.3 Å². The lowest BCUT2D eigenvalue weighted by atomic mass is 9.83. The van der Waals surface area contributed by atoms with Crippen LogP contribution >= 0.6 is 0 Å². The Morgan fingerprint density at radius 1 is 1.47 bits per heavy atom. The van der Waals surface area contributed by atoms with E-state index in [-0.39, 0.29) is 5.41 Å². The zero-order chi connectivity index (χ0) is 11.3. The van der Waals surface area contributed by atoms with Crippen molar-refractivity contribution < 1.29 is 4.74 Å². The normalized spacial score (nSPS) is 14.3. The van der Waals surface area contributed by atoms with Crippen molar-refractivity contribution in [1.29, 1.82) is 0 Å². The maximum absolute atomic E-state index is 5.74. The Bertz CT molecular complexity index is 335. The molecule has 82 valence electrons. The second kappa shape index (κ2) is 4.99. The summed E-state index contributed by atoms with van der Waals surface area (Å²) in [4.78, 5) is 0. The zero-order valence-corrected chi connectivity index (χ0v) is 9.49. The Hall–Kier alpha value is -1.28. The molecule has 2 N–H and O–H groups in total. The van der Waals surface area contributed by atoms with Crippen molar-refractivity contribution in [3.05, 3.63) is 42.5 Å². The highest BCUT2D eigenvalue weighted by Crippen LogP contribution is 2.27. The van der Waals surface area contributed by atoms with E-state index in [9.17, 15) is 0 Å². The molecule has 1 unspecified atom stereocenters. The molecule has 0 aliphatic rings. The Balaban J connectivity index is 2.92. The van der Waals surface area contributed by atoms with Crippen LogP contribution in [0, 0.1) is 5.41 Å². The first-order valence-electron chi connectivity index (χ1n) is 5.11. The minimum absolute atomic E-state index is 0.0609. The maximum atomic E-state index is 5.74. The van der Waals surface area contributed by atoms with E-state index in [2.05, 4.69) is 19.6 Å². The summed E-state index contributed by atoms with van der Waals surface area (Å²) in [7, 11) is 1.69. The first-order valence-corrected chi connectivity index (χ1v) is 5.11. The summed E-state index contributed by atoms with van der Waals surface area (Å²) < 4.78 is 5.31. The van der Waals surface area contributed by atoms with Crippen molar-refractivity contribution in [1.82, 2.24) is 0 Å². The average molecular weight is 205 g/mol. The number of methoxy groups -OCH3 is 1. The third kappa shape index (κ3) is 2.83. The van der Waals surface area contributed by atoms with Crippen LogP contribution in [0.4, 0.5) is 0 Å². The molecule has 2 nitrogen and oxygen atoms in total. The Morgan fingerprint density at radius 2 is 2.13 bits per heavy atom. The van der Waals surface area contributed by atoms with Gasteiger partial charge in [-0.15, -0.1) is 6.58 Å². The molecule has 1 rings (SSSR count). The number of ether oxygens (including phenoxy) is 1. The van der Waals surface area contributed by atoms with E-state index in [1.165, 1.54) is 5.56 Å². The molecule has 0 spiro atoms. The summed E-state index contributed by atoms with van der Waals surface area (Å²) in [6.45, 7) is 6.53. The van der Waals surface area contributed by atoms with Crippen LogP contribution in [-0.2, 0) is 6.42 Å². The lowest BCUT2D eigenvalue weighted by molar-refractivity contribution is 0.390. The molecule has 0 radical (unpaired) electrons. The van der Waals surface area contributed by atoms with Crippen LogP contribution in [0.25, 0.3) is 0 Å². The van der Waals surface area contributed by atoms with Gasteiger partial charge in [-0.05, 0) is 18.1 Å². The number of hydrogen-bond acceptors (Lipinski definition) is 2. The van der Waals surface area contributed by atoms with E-state index in [1.54, 1.807) is 7.11 Å². The molecule has 0 saturated carbocycles. The van der Waals surface area contributed by atoms with E-state index in [4.69, 9.17) is 10.5 Å². The van der Waals surface area contributed by atoms with Crippen LogP contribution in [0.1, 0.15) is 12.5 Å². The van der Waals surface area contributed by atoms with Gasteiger partial charge in [0.25, 0.3) is 0 Å². The Morgan fingerprint density at radius 3 is 2.67 bits per heavy atom. The number of hydrogen-bond donors (Lipinski definition) is 1. The molecule has 1 aromatic carbocycles. The van der Waals surface area contributed by atoms with Crippen molar-refractivity contribution in [3.63, 3.8) is 0 Å². The molecule has 0 aromatic heterocycles. The summed E-state index contributed by atoms with van der Waals surface area (Å²) >= 11 is 0. The molecule has 15 heavy (non-hydrogen) atoms. The zero-order valence-electron chi connectivity index (χ0n) is 9.49. The Kier molecular flexibility index (Phi) is 3.92. The third-order valence-electron chi connectivity index (χ3n) is 2.75. The highest BCUT2D eigenvalue weighted by molar-refractivity contribution is 5.34. The third-order valence-corrected chi connectivity index (χ3v) is 2.75. The van der Waals surface area contributed by atoms with Crippen LogP contribution in [-0.4, -0.2) is 13.7 Å². The predicted molar refractivity (Wildman–Crippen MR) is 64.1 cm³/mol. The summed E-state index contributed by atoms with van der Waals surface area (Å²) in [6.07, 6.45) is 2.77. The van der Waals surface area contributed by atoms with E-state index in [1.807, 2.05) is 24.3 Å².